The van der Waals surface area contributed by atoms with Crippen LogP contribution in [0.3, 0.4) is 0 Å². The van der Waals surface area contributed by atoms with Crippen LogP contribution in [0.25, 0.3) is 5.65 Å². The Morgan fingerprint density at radius 3 is 2.65 bits per heavy atom. The standard InChI is InChI=1S/C15H16N6O2/c1-9-13(15(23)20-21-8-17-19-14(9)21)7-16-11-3-5-12(6-4-11)18-10(2)22/h3-6,8,16H,7H2,1-2H3,(H,18,22)(H,20,23). The van der Waals surface area contributed by atoms with Gasteiger partial charge in [-0.2, -0.15) is 0 Å². The maximum Gasteiger partial charge on any atom is 0.268 e. The molecule has 3 aromatic rings. The summed E-state index contributed by atoms with van der Waals surface area (Å²) >= 11 is 0. The number of rotatable bonds is 4. The largest absolute Gasteiger partial charge is 0.381 e. The van der Waals surface area contributed by atoms with E-state index in [2.05, 4.69) is 25.9 Å². The fourth-order valence-corrected chi connectivity index (χ4v) is 2.33. The van der Waals surface area contributed by atoms with Gasteiger partial charge in [-0.05, 0) is 31.2 Å². The number of aromatic amines is 1. The van der Waals surface area contributed by atoms with Gasteiger partial charge in [0.25, 0.3) is 5.56 Å². The third-order valence-electron chi connectivity index (χ3n) is 3.51. The molecule has 8 nitrogen and oxygen atoms in total. The van der Waals surface area contributed by atoms with Crippen molar-refractivity contribution in [1.29, 1.82) is 0 Å². The lowest BCUT2D eigenvalue weighted by Gasteiger charge is -2.10. The quantitative estimate of drug-likeness (QED) is 0.673. The van der Waals surface area contributed by atoms with Gasteiger partial charge in [-0.25, -0.2) is 4.52 Å². The maximum absolute atomic E-state index is 12.1. The van der Waals surface area contributed by atoms with Gasteiger partial charge in [0.2, 0.25) is 5.91 Å². The van der Waals surface area contributed by atoms with Gasteiger partial charge in [-0.3, -0.25) is 14.7 Å². The lowest BCUT2D eigenvalue weighted by Crippen LogP contribution is -2.21. The minimum atomic E-state index is -0.183. The first-order valence-electron chi connectivity index (χ1n) is 7.07. The number of nitrogens with zero attached hydrogens (tertiary/aromatic N) is 3. The smallest absolute Gasteiger partial charge is 0.268 e. The molecule has 3 N–H and O–H groups in total. The van der Waals surface area contributed by atoms with E-state index in [9.17, 15) is 9.59 Å². The van der Waals surface area contributed by atoms with E-state index in [0.29, 0.717) is 17.8 Å². The number of nitrogens with one attached hydrogen (secondary N) is 3. The number of carbonyl (C=O) groups excluding carboxylic acids is 1. The predicted octanol–water partition coefficient (Wildman–Crippen LogP) is 1.30. The third-order valence-corrected chi connectivity index (χ3v) is 3.51. The Kier molecular flexibility index (Phi) is 3.80. The highest BCUT2D eigenvalue weighted by Crippen LogP contribution is 2.15. The Hall–Kier alpha value is -3.16. The second-order valence-corrected chi connectivity index (χ2v) is 5.18. The highest BCUT2D eigenvalue weighted by atomic mass is 16.1. The number of H-pyrrole nitrogens is 1. The van der Waals surface area contributed by atoms with Crippen molar-refractivity contribution in [2.24, 2.45) is 0 Å². The number of hydrogen-bond donors (Lipinski definition) is 3. The van der Waals surface area contributed by atoms with Gasteiger partial charge in [0, 0.05) is 36.0 Å². The summed E-state index contributed by atoms with van der Waals surface area (Å²) < 4.78 is 1.50. The summed E-state index contributed by atoms with van der Waals surface area (Å²) in [6.07, 6.45) is 1.46. The van der Waals surface area contributed by atoms with Gasteiger partial charge in [-0.15, -0.1) is 10.2 Å². The summed E-state index contributed by atoms with van der Waals surface area (Å²) in [6.45, 7) is 3.67. The molecule has 0 saturated heterocycles. The third kappa shape index (κ3) is 3.05. The molecule has 0 fully saturated rings. The first kappa shape index (κ1) is 14.8. The van der Waals surface area contributed by atoms with Crippen LogP contribution in [0.4, 0.5) is 11.4 Å². The molecule has 2 aromatic heterocycles. The Balaban J connectivity index is 1.78. The molecular weight excluding hydrogens is 296 g/mol. The Morgan fingerprint density at radius 2 is 1.96 bits per heavy atom. The van der Waals surface area contributed by atoms with E-state index in [1.165, 1.54) is 17.8 Å². The molecular formula is C15H16N6O2. The summed E-state index contributed by atoms with van der Waals surface area (Å²) in [6, 6.07) is 7.26. The summed E-state index contributed by atoms with van der Waals surface area (Å²) in [5.74, 6) is -0.116. The molecule has 0 aliphatic heterocycles. The number of hydrogen-bond acceptors (Lipinski definition) is 5. The van der Waals surface area contributed by atoms with Gasteiger partial charge >= 0.3 is 0 Å². The van der Waals surface area contributed by atoms with Crippen molar-refractivity contribution in [3.05, 3.63) is 52.1 Å². The van der Waals surface area contributed by atoms with Crippen molar-refractivity contribution in [3.8, 4) is 0 Å². The van der Waals surface area contributed by atoms with E-state index in [1.807, 2.05) is 19.1 Å². The number of amides is 1. The van der Waals surface area contributed by atoms with E-state index >= 15 is 0 Å². The molecule has 23 heavy (non-hydrogen) atoms. The van der Waals surface area contributed by atoms with Crippen molar-refractivity contribution in [3.63, 3.8) is 0 Å². The van der Waals surface area contributed by atoms with Crippen molar-refractivity contribution in [2.75, 3.05) is 10.6 Å². The van der Waals surface area contributed by atoms with Gasteiger partial charge in [0.05, 0.1) is 0 Å². The molecule has 118 valence electrons. The Labute approximate surface area is 131 Å². The van der Waals surface area contributed by atoms with E-state index in [1.54, 1.807) is 12.1 Å². The zero-order valence-electron chi connectivity index (χ0n) is 12.8. The fourth-order valence-electron chi connectivity index (χ4n) is 2.33. The maximum atomic E-state index is 12.1. The first-order chi connectivity index (χ1) is 11.0. The SMILES string of the molecule is CC(=O)Nc1ccc(NCc2c(C)c3nncn3[nH]c2=O)cc1. The van der Waals surface area contributed by atoms with E-state index in [-0.39, 0.29) is 11.5 Å². The first-order valence-corrected chi connectivity index (χ1v) is 7.07. The molecule has 1 aromatic carbocycles. The molecule has 0 spiro atoms. The van der Waals surface area contributed by atoms with E-state index in [4.69, 9.17) is 0 Å². The zero-order valence-corrected chi connectivity index (χ0v) is 12.8. The van der Waals surface area contributed by atoms with Crippen LogP contribution in [0.5, 0.6) is 0 Å². The number of benzene rings is 1. The second-order valence-electron chi connectivity index (χ2n) is 5.18. The Morgan fingerprint density at radius 1 is 1.26 bits per heavy atom. The molecule has 0 unspecified atom stereocenters. The van der Waals surface area contributed by atoms with Gasteiger partial charge in [-0.1, -0.05) is 0 Å². The number of anilines is 2. The molecule has 0 aliphatic carbocycles. The van der Waals surface area contributed by atoms with Crippen LogP contribution in [-0.4, -0.2) is 25.7 Å². The summed E-state index contributed by atoms with van der Waals surface area (Å²) in [5.41, 5.74) is 3.41. The van der Waals surface area contributed by atoms with Crippen LogP contribution in [-0.2, 0) is 11.3 Å². The lowest BCUT2D eigenvalue weighted by molar-refractivity contribution is -0.114. The summed E-state index contributed by atoms with van der Waals surface area (Å²) in [7, 11) is 0. The summed E-state index contributed by atoms with van der Waals surface area (Å²) in [4.78, 5) is 23.1. The van der Waals surface area contributed by atoms with Crippen molar-refractivity contribution in [2.45, 2.75) is 20.4 Å². The number of fused-ring (bicyclic) bond motifs is 1. The molecule has 3 rings (SSSR count). The van der Waals surface area contributed by atoms with Crippen molar-refractivity contribution < 1.29 is 4.79 Å². The van der Waals surface area contributed by atoms with Crippen LogP contribution in [0, 0.1) is 6.92 Å². The minimum Gasteiger partial charge on any atom is -0.381 e. The summed E-state index contributed by atoms with van der Waals surface area (Å²) in [5, 5.41) is 16.4. The van der Waals surface area contributed by atoms with E-state index in [0.717, 1.165) is 16.9 Å². The topological polar surface area (TPSA) is 104 Å². The van der Waals surface area contributed by atoms with Gasteiger partial charge in [0.15, 0.2) is 5.65 Å². The number of carbonyl (C=O) groups is 1. The zero-order chi connectivity index (χ0) is 16.4. The molecule has 0 saturated carbocycles. The van der Waals surface area contributed by atoms with Gasteiger partial charge in [0.1, 0.15) is 6.33 Å². The monoisotopic (exact) mass is 312 g/mol. The molecule has 0 bridgehead atoms. The number of aryl methyl sites for hydroxylation is 1. The lowest BCUT2D eigenvalue weighted by atomic mass is 10.1. The van der Waals surface area contributed by atoms with Crippen LogP contribution in [0.1, 0.15) is 18.1 Å². The average Bonchev–Trinajstić information content (AvgIpc) is 2.96. The van der Waals surface area contributed by atoms with E-state index < -0.39 is 0 Å². The average molecular weight is 312 g/mol. The molecule has 0 atom stereocenters. The fraction of sp³-hybridized carbons (Fsp3) is 0.200. The van der Waals surface area contributed by atoms with Crippen LogP contribution >= 0.6 is 0 Å². The minimum absolute atomic E-state index is 0.116. The Bertz CT molecular complexity index is 910. The molecule has 8 heteroatoms. The van der Waals surface area contributed by atoms with Gasteiger partial charge < -0.3 is 10.6 Å². The molecule has 0 radical (unpaired) electrons. The second kappa shape index (κ2) is 5.91. The predicted molar refractivity (Wildman–Crippen MR) is 86.4 cm³/mol. The van der Waals surface area contributed by atoms with Crippen LogP contribution in [0.2, 0.25) is 0 Å². The molecule has 1 amide bonds. The van der Waals surface area contributed by atoms with Crippen molar-refractivity contribution >= 4 is 22.9 Å². The normalized spacial score (nSPS) is 10.7. The van der Waals surface area contributed by atoms with Crippen molar-refractivity contribution in [1.82, 2.24) is 19.8 Å². The van der Waals surface area contributed by atoms with Crippen LogP contribution in [0.15, 0.2) is 35.4 Å². The molecule has 2 heterocycles. The number of aromatic nitrogens is 4. The highest BCUT2D eigenvalue weighted by molar-refractivity contribution is 5.88. The van der Waals surface area contributed by atoms with Crippen LogP contribution < -0.4 is 16.2 Å². The molecule has 0 aliphatic rings. The highest BCUT2D eigenvalue weighted by Gasteiger charge is 2.10.